The highest BCUT2D eigenvalue weighted by atomic mass is 32.2. The lowest BCUT2D eigenvalue weighted by atomic mass is 10.2. The fraction of sp³-hybridized carbons (Fsp3) is 0.467. The second-order valence-electron chi connectivity index (χ2n) is 4.41. The molecule has 0 radical (unpaired) electrons. The largest absolute Gasteiger partial charge is 0.395 e. The van der Waals surface area contributed by atoms with Gasteiger partial charge in [0.15, 0.2) is 0 Å². The van der Waals surface area contributed by atoms with Gasteiger partial charge in [-0.2, -0.15) is 4.31 Å². The monoisotopic (exact) mass is 313 g/mol. The SMILES string of the molecule is CCCN(CC)S(=O)(=O)c1ccc(C#CCCO)c(F)c1. The van der Waals surface area contributed by atoms with Crippen LogP contribution in [0.1, 0.15) is 32.3 Å². The van der Waals surface area contributed by atoms with Crippen LogP contribution in [-0.4, -0.2) is 37.5 Å². The summed E-state index contributed by atoms with van der Waals surface area (Å²) in [6.45, 7) is 4.29. The first-order valence-electron chi connectivity index (χ1n) is 6.86. The van der Waals surface area contributed by atoms with Gasteiger partial charge < -0.3 is 5.11 Å². The number of aliphatic hydroxyl groups is 1. The fourth-order valence-corrected chi connectivity index (χ4v) is 3.37. The number of nitrogens with zero attached hydrogens (tertiary/aromatic N) is 1. The third-order valence-corrected chi connectivity index (χ3v) is 4.83. The van der Waals surface area contributed by atoms with E-state index < -0.39 is 15.8 Å². The smallest absolute Gasteiger partial charge is 0.243 e. The zero-order chi connectivity index (χ0) is 15.9. The molecule has 6 heteroatoms. The molecule has 4 nitrogen and oxygen atoms in total. The van der Waals surface area contributed by atoms with Crippen molar-refractivity contribution in [1.82, 2.24) is 4.31 Å². The molecule has 0 aliphatic rings. The van der Waals surface area contributed by atoms with Gasteiger partial charge in [0.2, 0.25) is 10.0 Å². The predicted octanol–water partition coefficient (Wildman–Crippen LogP) is 1.98. The Balaban J connectivity index is 3.11. The molecule has 21 heavy (non-hydrogen) atoms. The van der Waals surface area contributed by atoms with Crippen LogP contribution >= 0.6 is 0 Å². The van der Waals surface area contributed by atoms with Crippen molar-refractivity contribution in [2.45, 2.75) is 31.6 Å². The number of rotatable bonds is 6. The van der Waals surface area contributed by atoms with Crippen molar-refractivity contribution in [2.24, 2.45) is 0 Å². The summed E-state index contributed by atoms with van der Waals surface area (Å²) in [6, 6.07) is 3.71. The Morgan fingerprint density at radius 3 is 2.57 bits per heavy atom. The topological polar surface area (TPSA) is 57.6 Å². The van der Waals surface area contributed by atoms with Crippen LogP contribution in [0.5, 0.6) is 0 Å². The third-order valence-electron chi connectivity index (χ3n) is 2.86. The van der Waals surface area contributed by atoms with Gasteiger partial charge in [-0.25, -0.2) is 12.8 Å². The minimum absolute atomic E-state index is 0.0667. The van der Waals surface area contributed by atoms with E-state index in [1.807, 2.05) is 6.92 Å². The number of sulfonamides is 1. The van der Waals surface area contributed by atoms with Gasteiger partial charge in [0, 0.05) is 19.5 Å². The third kappa shape index (κ3) is 4.53. The second kappa shape index (κ2) is 8.13. The van der Waals surface area contributed by atoms with E-state index in [-0.39, 0.29) is 23.5 Å². The minimum Gasteiger partial charge on any atom is -0.395 e. The highest BCUT2D eigenvalue weighted by Crippen LogP contribution is 2.19. The van der Waals surface area contributed by atoms with Crippen molar-refractivity contribution in [3.63, 3.8) is 0 Å². The minimum atomic E-state index is -3.67. The van der Waals surface area contributed by atoms with E-state index in [0.29, 0.717) is 19.5 Å². The average molecular weight is 313 g/mol. The maximum Gasteiger partial charge on any atom is 0.243 e. The van der Waals surface area contributed by atoms with Crippen LogP contribution in [0.15, 0.2) is 23.1 Å². The standard InChI is InChI=1S/C15H20FNO3S/c1-3-10-17(4-2)21(19,20)14-9-8-13(15(16)12-14)7-5-6-11-18/h8-9,12,18H,3-4,6,10-11H2,1-2H3. The molecule has 0 atom stereocenters. The van der Waals surface area contributed by atoms with Crippen molar-refractivity contribution in [2.75, 3.05) is 19.7 Å². The molecule has 0 aliphatic carbocycles. The zero-order valence-electron chi connectivity index (χ0n) is 12.3. The van der Waals surface area contributed by atoms with Crippen LogP contribution < -0.4 is 0 Å². The molecule has 1 N–H and O–H groups in total. The number of hydrogen-bond acceptors (Lipinski definition) is 3. The average Bonchev–Trinajstić information content (AvgIpc) is 2.46. The lowest BCUT2D eigenvalue weighted by Gasteiger charge is -2.19. The van der Waals surface area contributed by atoms with Crippen LogP contribution in [0, 0.1) is 17.7 Å². The molecule has 1 rings (SSSR count). The normalized spacial score (nSPS) is 11.3. The number of aliphatic hydroxyl groups excluding tert-OH is 1. The number of benzene rings is 1. The van der Waals surface area contributed by atoms with Gasteiger partial charge in [0.25, 0.3) is 0 Å². The van der Waals surface area contributed by atoms with Gasteiger partial charge >= 0.3 is 0 Å². The quantitative estimate of drug-likeness (QED) is 0.817. The Labute approximate surface area is 125 Å². The van der Waals surface area contributed by atoms with Gasteiger partial charge in [-0.3, -0.25) is 0 Å². The molecule has 0 saturated heterocycles. The Morgan fingerprint density at radius 2 is 2.05 bits per heavy atom. The molecule has 0 aromatic heterocycles. The van der Waals surface area contributed by atoms with Crippen molar-refractivity contribution in [1.29, 1.82) is 0 Å². The molecular weight excluding hydrogens is 293 g/mol. The first-order chi connectivity index (χ1) is 9.97. The van der Waals surface area contributed by atoms with E-state index in [4.69, 9.17) is 5.11 Å². The summed E-state index contributed by atoms with van der Waals surface area (Å²) in [5.74, 6) is 4.50. The highest BCUT2D eigenvalue weighted by molar-refractivity contribution is 7.89. The van der Waals surface area contributed by atoms with Gasteiger partial charge in [0.1, 0.15) is 5.82 Å². The van der Waals surface area contributed by atoms with Crippen molar-refractivity contribution < 1.29 is 17.9 Å². The summed E-state index contributed by atoms with van der Waals surface area (Å²) in [4.78, 5) is -0.0667. The van der Waals surface area contributed by atoms with E-state index >= 15 is 0 Å². The summed E-state index contributed by atoms with van der Waals surface area (Å²) in [5.41, 5.74) is 0.126. The Hall–Kier alpha value is -1.42. The van der Waals surface area contributed by atoms with Crippen molar-refractivity contribution in [3.05, 3.63) is 29.6 Å². The zero-order valence-corrected chi connectivity index (χ0v) is 13.1. The maximum atomic E-state index is 13.9. The number of halogens is 1. The maximum absolute atomic E-state index is 13.9. The molecule has 0 unspecified atom stereocenters. The Morgan fingerprint density at radius 1 is 1.33 bits per heavy atom. The van der Waals surface area contributed by atoms with E-state index in [2.05, 4.69) is 11.8 Å². The summed E-state index contributed by atoms with van der Waals surface area (Å²) < 4.78 is 40.0. The van der Waals surface area contributed by atoms with E-state index in [9.17, 15) is 12.8 Å². The van der Waals surface area contributed by atoms with Crippen molar-refractivity contribution >= 4 is 10.0 Å². The van der Waals surface area contributed by atoms with Gasteiger partial charge in [-0.05, 0) is 24.6 Å². The first-order valence-corrected chi connectivity index (χ1v) is 8.30. The molecule has 0 fully saturated rings. The van der Waals surface area contributed by atoms with Crippen LogP contribution in [-0.2, 0) is 10.0 Å². The summed E-state index contributed by atoms with van der Waals surface area (Å²) in [5, 5.41) is 8.62. The molecule has 0 heterocycles. The fourth-order valence-electron chi connectivity index (χ4n) is 1.82. The van der Waals surface area contributed by atoms with E-state index in [1.54, 1.807) is 6.92 Å². The molecule has 1 aromatic rings. The van der Waals surface area contributed by atoms with Crippen LogP contribution in [0.3, 0.4) is 0 Å². The number of hydrogen-bond donors (Lipinski definition) is 1. The summed E-state index contributed by atoms with van der Waals surface area (Å²) >= 11 is 0. The van der Waals surface area contributed by atoms with Gasteiger partial charge in [-0.15, -0.1) is 0 Å². The van der Waals surface area contributed by atoms with Crippen LogP contribution in [0.2, 0.25) is 0 Å². The van der Waals surface area contributed by atoms with Gasteiger partial charge in [0.05, 0.1) is 17.1 Å². The lowest BCUT2D eigenvalue weighted by Crippen LogP contribution is -2.31. The lowest BCUT2D eigenvalue weighted by molar-refractivity contribution is 0.305. The Bertz CT molecular complexity index is 632. The van der Waals surface area contributed by atoms with Gasteiger partial charge in [-0.1, -0.05) is 25.7 Å². The predicted molar refractivity (Wildman–Crippen MR) is 79.7 cm³/mol. The molecule has 1 aromatic carbocycles. The summed E-state index contributed by atoms with van der Waals surface area (Å²) in [6.07, 6.45) is 0.944. The van der Waals surface area contributed by atoms with E-state index in [0.717, 1.165) is 6.07 Å². The molecule has 0 spiro atoms. The molecule has 0 aliphatic heterocycles. The molecule has 0 saturated carbocycles. The van der Waals surface area contributed by atoms with Crippen LogP contribution in [0.25, 0.3) is 0 Å². The summed E-state index contributed by atoms with van der Waals surface area (Å²) in [7, 11) is -3.67. The van der Waals surface area contributed by atoms with E-state index in [1.165, 1.54) is 16.4 Å². The van der Waals surface area contributed by atoms with Crippen LogP contribution in [0.4, 0.5) is 4.39 Å². The Kier molecular flexibility index (Phi) is 6.82. The molecule has 0 bridgehead atoms. The highest BCUT2D eigenvalue weighted by Gasteiger charge is 2.23. The first kappa shape index (κ1) is 17.6. The molecule has 0 amide bonds. The molecule has 116 valence electrons. The molecular formula is C15H20FNO3S. The van der Waals surface area contributed by atoms with Crippen molar-refractivity contribution in [3.8, 4) is 11.8 Å². The second-order valence-corrected chi connectivity index (χ2v) is 6.35.